The molecule has 0 spiro atoms. The lowest BCUT2D eigenvalue weighted by atomic mass is 9.72. The number of carbonyl (C=O) groups is 1. The summed E-state index contributed by atoms with van der Waals surface area (Å²) >= 11 is 0. The third-order valence-corrected chi connectivity index (χ3v) is 5.07. The molecule has 0 bridgehead atoms. The van der Waals surface area contributed by atoms with Crippen LogP contribution in [0.25, 0.3) is 0 Å². The summed E-state index contributed by atoms with van der Waals surface area (Å²) in [7, 11) is -1.28. The smallest absolute Gasteiger partial charge is 0.534 e. The molecule has 1 unspecified atom stereocenters. The number of carbonyl (C=O) groups excluding carboxylic acids is 1. The van der Waals surface area contributed by atoms with Crippen LogP contribution >= 0.6 is 0 Å². The molecule has 180 valence electrons. The fourth-order valence-corrected chi connectivity index (χ4v) is 3.58. The zero-order chi connectivity index (χ0) is 24.7. The predicted molar refractivity (Wildman–Crippen MR) is 127 cm³/mol. The van der Waals surface area contributed by atoms with E-state index in [-0.39, 0.29) is 31.6 Å². The van der Waals surface area contributed by atoms with Crippen LogP contribution in [-0.2, 0) is 30.9 Å². The molecule has 0 fully saturated rings. The summed E-state index contributed by atoms with van der Waals surface area (Å²) < 4.78 is 10.7. The first kappa shape index (κ1) is 24.8. The molecule has 0 saturated heterocycles. The molecule has 11 N–H and O–H groups in total. The molecule has 13 heteroatoms. The predicted octanol–water partition coefficient (Wildman–Crippen LogP) is -1.55. The lowest BCUT2D eigenvalue weighted by molar-refractivity contribution is -0.0117. The average Bonchev–Trinajstić information content (AvgIpc) is 2.80. The van der Waals surface area contributed by atoms with E-state index in [1.165, 1.54) is 0 Å². The molecule has 3 rings (SSSR count). The number of hydrogen-bond acceptors (Lipinski definition) is 7. The Hall–Kier alpha value is -3.81. The van der Waals surface area contributed by atoms with E-state index in [0.717, 1.165) is 5.56 Å². The number of para-hydroxylation sites is 1. The van der Waals surface area contributed by atoms with Crippen molar-refractivity contribution in [3.05, 3.63) is 64.2 Å². The van der Waals surface area contributed by atoms with E-state index in [0.29, 0.717) is 34.4 Å². The number of guanidine groups is 2. The lowest BCUT2D eigenvalue weighted by Crippen LogP contribution is -2.53. The van der Waals surface area contributed by atoms with Gasteiger partial charge in [-0.05, 0) is 35.2 Å². The number of fused-ring (bicyclic) bond motifs is 1. The van der Waals surface area contributed by atoms with Gasteiger partial charge in [-0.2, -0.15) is 0 Å². The number of aliphatic imine (C=N–C) groups is 2. The summed E-state index contributed by atoms with van der Waals surface area (Å²) in [4.78, 5) is 21.0. The topological polar surface area (TPSA) is 217 Å². The Bertz CT molecular complexity index is 1050. The fourth-order valence-electron chi connectivity index (χ4n) is 3.58. The van der Waals surface area contributed by atoms with E-state index < -0.39 is 25.8 Å². The molecule has 34 heavy (non-hydrogen) atoms. The van der Waals surface area contributed by atoms with Crippen LogP contribution in [0.5, 0.6) is 5.75 Å². The minimum Gasteiger partial charge on any atom is -0.534 e. The SMILES string of the molecule is NC(N)=NCc1cc(CN=C(N)N)cc(C(=O)NC2Cc3cccc(COCO)c3OB2O)c1. The Morgan fingerprint density at radius 3 is 2.35 bits per heavy atom. The number of aliphatic hydroxyl groups is 1. The molecule has 0 radical (unpaired) electrons. The molecule has 1 aliphatic rings. The summed E-state index contributed by atoms with van der Waals surface area (Å²) in [6, 6.07) is 10.5. The van der Waals surface area contributed by atoms with E-state index in [9.17, 15) is 9.82 Å². The molecular formula is C21H28BN7O5. The molecule has 1 atom stereocenters. The zero-order valence-corrected chi connectivity index (χ0v) is 18.5. The van der Waals surface area contributed by atoms with Crippen LogP contribution in [0.2, 0.25) is 0 Å². The number of nitrogens with one attached hydrogen (secondary N) is 1. The van der Waals surface area contributed by atoms with E-state index in [2.05, 4.69) is 15.3 Å². The summed E-state index contributed by atoms with van der Waals surface area (Å²) in [6.45, 7) is 0.0297. The number of nitrogens with two attached hydrogens (primary N) is 4. The number of nitrogens with zero attached hydrogens (tertiary/aromatic N) is 2. The van der Waals surface area contributed by atoms with Crippen LogP contribution < -0.4 is 32.9 Å². The largest absolute Gasteiger partial charge is 0.547 e. The van der Waals surface area contributed by atoms with Crippen LogP contribution in [0.15, 0.2) is 46.4 Å². The van der Waals surface area contributed by atoms with Gasteiger partial charge in [-0.15, -0.1) is 0 Å². The number of benzene rings is 2. The first-order valence-corrected chi connectivity index (χ1v) is 10.5. The van der Waals surface area contributed by atoms with Crippen molar-refractivity contribution < 1.29 is 24.3 Å². The second-order valence-corrected chi connectivity index (χ2v) is 7.70. The van der Waals surface area contributed by atoms with Crippen molar-refractivity contribution in [2.24, 2.45) is 32.9 Å². The van der Waals surface area contributed by atoms with Gasteiger partial charge in [0.15, 0.2) is 11.9 Å². The molecule has 0 aromatic heterocycles. The van der Waals surface area contributed by atoms with Gasteiger partial charge >= 0.3 is 7.12 Å². The third-order valence-electron chi connectivity index (χ3n) is 5.07. The van der Waals surface area contributed by atoms with Crippen molar-refractivity contribution >= 4 is 24.9 Å². The number of ether oxygens (including phenoxy) is 1. The van der Waals surface area contributed by atoms with Gasteiger partial charge < -0.3 is 47.8 Å². The molecule has 0 saturated carbocycles. The molecule has 1 heterocycles. The van der Waals surface area contributed by atoms with E-state index in [4.69, 9.17) is 37.4 Å². The maximum atomic E-state index is 13.1. The molecular weight excluding hydrogens is 441 g/mol. The quantitative estimate of drug-likeness (QED) is 0.0978. The average molecular weight is 469 g/mol. The van der Waals surface area contributed by atoms with Gasteiger partial charge in [0, 0.05) is 11.1 Å². The van der Waals surface area contributed by atoms with Crippen molar-refractivity contribution in [1.82, 2.24) is 5.32 Å². The van der Waals surface area contributed by atoms with Crippen LogP contribution in [0, 0.1) is 0 Å². The molecule has 0 aliphatic carbocycles. The highest BCUT2D eigenvalue weighted by Crippen LogP contribution is 2.30. The third kappa shape index (κ3) is 6.60. The van der Waals surface area contributed by atoms with Gasteiger partial charge in [-0.1, -0.05) is 24.3 Å². The molecule has 2 aromatic rings. The summed E-state index contributed by atoms with van der Waals surface area (Å²) in [6.07, 6.45) is 0.337. The van der Waals surface area contributed by atoms with Crippen LogP contribution in [-0.4, -0.2) is 47.8 Å². The van der Waals surface area contributed by atoms with E-state index in [1.54, 1.807) is 24.3 Å². The summed E-state index contributed by atoms with van der Waals surface area (Å²) in [5.74, 6) is -0.798. The Morgan fingerprint density at radius 1 is 1.12 bits per heavy atom. The number of rotatable bonds is 9. The zero-order valence-electron chi connectivity index (χ0n) is 18.5. The Morgan fingerprint density at radius 2 is 1.76 bits per heavy atom. The van der Waals surface area contributed by atoms with Gasteiger partial charge in [0.05, 0.1) is 25.6 Å². The number of hydrogen-bond donors (Lipinski definition) is 7. The summed E-state index contributed by atoms with van der Waals surface area (Å²) in [5, 5.41) is 22.3. The van der Waals surface area contributed by atoms with Crippen LogP contribution in [0.3, 0.4) is 0 Å². The van der Waals surface area contributed by atoms with Crippen LogP contribution in [0.1, 0.15) is 32.6 Å². The molecule has 2 aromatic carbocycles. The minimum absolute atomic E-state index is 0.0782. The Kier molecular flexibility index (Phi) is 8.30. The highest BCUT2D eigenvalue weighted by Gasteiger charge is 2.37. The molecule has 1 aliphatic heterocycles. The van der Waals surface area contributed by atoms with Crippen molar-refractivity contribution in [2.75, 3.05) is 6.79 Å². The Labute approximate surface area is 196 Å². The van der Waals surface area contributed by atoms with Crippen molar-refractivity contribution in [1.29, 1.82) is 0 Å². The standard InChI is InChI=1S/C21H28BN7O5/c23-20(24)27-8-12-4-13(9-28-21(25)26)6-16(5-12)19(31)29-17-7-14-2-1-3-15(10-33-11-30)18(14)34-22(17)32/h1-6,17,30,32H,7-11H2,(H,29,31)(H4,23,24,27)(H4,25,26,28). The first-order chi connectivity index (χ1) is 16.3. The Balaban J connectivity index is 1.80. The van der Waals surface area contributed by atoms with Gasteiger partial charge in [-0.3, -0.25) is 4.79 Å². The second kappa shape index (κ2) is 11.4. The van der Waals surface area contributed by atoms with Crippen LogP contribution in [0.4, 0.5) is 0 Å². The van der Waals surface area contributed by atoms with Crippen molar-refractivity contribution in [3.63, 3.8) is 0 Å². The number of amides is 1. The molecule has 12 nitrogen and oxygen atoms in total. The maximum absolute atomic E-state index is 13.1. The maximum Gasteiger partial charge on any atom is 0.547 e. The second-order valence-electron chi connectivity index (χ2n) is 7.70. The van der Waals surface area contributed by atoms with Gasteiger partial charge in [0.25, 0.3) is 5.91 Å². The first-order valence-electron chi connectivity index (χ1n) is 10.5. The van der Waals surface area contributed by atoms with Crippen molar-refractivity contribution in [2.45, 2.75) is 32.1 Å². The minimum atomic E-state index is -1.28. The van der Waals surface area contributed by atoms with Gasteiger partial charge in [0.2, 0.25) is 0 Å². The monoisotopic (exact) mass is 469 g/mol. The van der Waals surface area contributed by atoms with Crippen molar-refractivity contribution in [3.8, 4) is 5.75 Å². The van der Waals surface area contributed by atoms with Gasteiger partial charge in [-0.25, -0.2) is 9.98 Å². The van der Waals surface area contributed by atoms with Gasteiger partial charge in [0.1, 0.15) is 12.5 Å². The summed E-state index contributed by atoms with van der Waals surface area (Å²) in [5.41, 5.74) is 24.9. The highest BCUT2D eigenvalue weighted by atomic mass is 16.6. The normalized spacial score (nSPS) is 14.5. The van der Waals surface area contributed by atoms with E-state index in [1.807, 2.05) is 12.1 Å². The fraction of sp³-hybridized carbons (Fsp3) is 0.286. The van der Waals surface area contributed by atoms with E-state index >= 15 is 0 Å². The lowest BCUT2D eigenvalue weighted by Gasteiger charge is -2.29. The molecule has 1 amide bonds. The number of aliphatic hydroxyl groups excluding tert-OH is 1. The highest BCUT2D eigenvalue weighted by molar-refractivity contribution is 6.47.